The Morgan fingerprint density at radius 2 is 2.00 bits per heavy atom. The molecular weight excluding hydrogens is 202 g/mol. The van der Waals surface area contributed by atoms with Crippen molar-refractivity contribution in [2.24, 2.45) is 0 Å². The van der Waals surface area contributed by atoms with E-state index < -0.39 is 5.97 Å². The van der Waals surface area contributed by atoms with Crippen molar-refractivity contribution < 1.29 is 9.90 Å². The van der Waals surface area contributed by atoms with Crippen LogP contribution in [-0.4, -0.2) is 16.1 Å². The van der Waals surface area contributed by atoms with Crippen LogP contribution in [0.5, 0.6) is 0 Å². The molecule has 0 unspecified atom stereocenters. The maximum Gasteiger partial charge on any atom is 0.307 e. The summed E-state index contributed by atoms with van der Waals surface area (Å²) in [7, 11) is 0. The minimum atomic E-state index is -0.787. The molecule has 84 valence electrons. The summed E-state index contributed by atoms with van der Waals surface area (Å²) in [5.41, 5.74) is 5.24. The van der Waals surface area contributed by atoms with Gasteiger partial charge in [0.05, 0.1) is 6.42 Å². The van der Waals surface area contributed by atoms with E-state index in [9.17, 15) is 4.79 Å². The molecule has 0 spiro atoms. The molecule has 0 saturated carbocycles. The maximum absolute atomic E-state index is 10.8. The van der Waals surface area contributed by atoms with Gasteiger partial charge in [-0.2, -0.15) is 0 Å². The predicted octanol–water partition coefficient (Wildman–Crippen LogP) is 2.72. The third-order valence-corrected chi connectivity index (χ3v) is 3.14. The molecule has 0 saturated heterocycles. The van der Waals surface area contributed by atoms with E-state index in [1.165, 1.54) is 5.56 Å². The van der Waals surface area contributed by atoms with E-state index in [2.05, 4.69) is 11.1 Å². The van der Waals surface area contributed by atoms with Crippen molar-refractivity contribution in [3.8, 4) is 0 Å². The number of carboxylic acid groups (broad SMARTS) is 1. The molecular formula is C13H15NO2. The summed E-state index contributed by atoms with van der Waals surface area (Å²) in [4.78, 5) is 14.1. The Hall–Kier alpha value is -1.77. The van der Waals surface area contributed by atoms with Crippen molar-refractivity contribution in [2.45, 2.75) is 27.2 Å². The number of carboxylic acids is 1. The fraction of sp³-hybridized carbons (Fsp3) is 0.308. The predicted molar refractivity (Wildman–Crippen MR) is 63.8 cm³/mol. The summed E-state index contributed by atoms with van der Waals surface area (Å²) in [6.07, 6.45) is 0.0795. The largest absolute Gasteiger partial charge is 0.481 e. The first-order valence-electron chi connectivity index (χ1n) is 5.30. The number of nitrogens with one attached hydrogen (secondary N) is 1. The van der Waals surface area contributed by atoms with Gasteiger partial charge in [0.25, 0.3) is 0 Å². The molecule has 2 rings (SSSR count). The molecule has 0 aliphatic carbocycles. The molecule has 1 aromatic carbocycles. The van der Waals surface area contributed by atoms with Crippen LogP contribution in [0.3, 0.4) is 0 Å². The average Bonchev–Trinajstić information content (AvgIpc) is 2.50. The zero-order valence-corrected chi connectivity index (χ0v) is 9.72. The molecule has 0 amide bonds. The fourth-order valence-electron chi connectivity index (χ4n) is 2.15. The highest BCUT2D eigenvalue weighted by Gasteiger charge is 2.14. The van der Waals surface area contributed by atoms with Crippen molar-refractivity contribution in [3.63, 3.8) is 0 Å². The van der Waals surface area contributed by atoms with Gasteiger partial charge in [-0.05, 0) is 43.5 Å². The zero-order chi connectivity index (χ0) is 11.9. The number of rotatable bonds is 2. The van der Waals surface area contributed by atoms with E-state index in [0.717, 1.165) is 27.7 Å². The van der Waals surface area contributed by atoms with Crippen molar-refractivity contribution >= 4 is 16.9 Å². The Bertz CT molecular complexity index is 567. The maximum atomic E-state index is 10.8. The zero-order valence-electron chi connectivity index (χ0n) is 9.72. The summed E-state index contributed by atoms with van der Waals surface area (Å²) < 4.78 is 0. The number of H-pyrrole nitrogens is 1. The van der Waals surface area contributed by atoms with Gasteiger partial charge in [-0.1, -0.05) is 6.07 Å². The van der Waals surface area contributed by atoms with Crippen molar-refractivity contribution in [1.82, 2.24) is 4.98 Å². The van der Waals surface area contributed by atoms with Gasteiger partial charge < -0.3 is 10.1 Å². The molecule has 2 aromatic rings. The monoisotopic (exact) mass is 217 g/mol. The number of aliphatic carboxylic acids is 1. The third-order valence-electron chi connectivity index (χ3n) is 3.14. The normalized spacial score (nSPS) is 10.9. The van der Waals surface area contributed by atoms with Crippen LogP contribution in [0.25, 0.3) is 10.9 Å². The Morgan fingerprint density at radius 1 is 1.31 bits per heavy atom. The molecule has 1 aromatic heterocycles. The topological polar surface area (TPSA) is 53.1 Å². The third kappa shape index (κ3) is 1.58. The number of benzene rings is 1. The number of aromatic nitrogens is 1. The van der Waals surface area contributed by atoms with Crippen LogP contribution in [0, 0.1) is 20.8 Å². The van der Waals surface area contributed by atoms with Crippen molar-refractivity contribution in [1.29, 1.82) is 0 Å². The molecule has 0 aliphatic heterocycles. The van der Waals surface area contributed by atoms with Crippen LogP contribution in [0.15, 0.2) is 12.1 Å². The van der Waals surface area contributed by atoms with Crippen LogP contribution < -0.4 is 0 Å². The van der Waals surface area contributed by atoms with Crippen LogP contribution in [0.1, 0.15) is 22.4 Å². The summed E-state index contributed by atoms with van der Waals surface area (Å²) >= 11 is 0. The van der Waals surface area contributed by atoms with E-state index in [1.807, 2.05) is 26.8 Å². The standard InChI is InChI=1S/C13H15NO2/c1-7-4-5-11-13(8(7)2)10(6-12(15)16)9(3)14-11/h4-5,14H,6H2,1-3H3,(H,15,16). The molecule has 2 N–H and O–H groups in total. The summed E-state index contributed by atoms with van der Waals surface area (Å²) in [6, 6.07) is 4.06. The highest BCUT2D eigenvalue weighted by atomic mass is 16.4. The lowest BCUT2D eigenvalue weighted by molar-refractivity contribution is -0.136. The molecule has 3 heteroatoms. The molecule has 3 nitrogen and oxygen atoms in total. The lowest BCUT2D eigenvalue weighted by Crippen LogP contribution is -2.01. The number of hydrogen-bond donors (Lipinski definition) is 2. The molecule has 0 fully saturated rings. The quantitative estimate of drug-likeness (QED) is 0.812. The lowest BCUT2D eigenvalue weighted by atomic mass is 10.00. The SMILES string of the molecule is Cc1ccc2[nH]c(C)c(CC(=O)O)c2c1C. The molecule has 0 atom stereocenters. The van der Waals surface area contributed by atoms with E-state index in [4.69, 9.17) is 5.11 Å². The minimum absolute atomic E-state index is 0.0795. The van der Waals surface area contributed by atoms with Gasteiger partial charge in [-0.25, -0.2) is 0 Å². The van der Waals surface area contributed by atoms with E-state index >= 15 is 0 Å². The molecule has 0 aliphatic rings. The smallest absolute Gasteiger partial charge is 0.307 e. The number of hydrogen-bond acceptors (Lipinski definition) is 1. The number of aromatic amines is 1. The Kier molecular flexibility index (Phi) is 2.46. The van der Waals surface area contributed by atoms with Crippen molar-refractivity contribution in [2.75, 3.05) is 0 Å². The van der Waals surface area contributed by atoms with Gasteiger partial charge in [-0.3, -0.25) is 4.79 Å². The van der Waals surface area contributed by atoms with Crippen LogP contribution >= 0.6 is 0 Å². The van der Waals surface area contributed by atoms with Gasteiger partial charge in [0, 0.05) is 16.6 Å². The van der Waals surface area contributed by atoms with Gasteiger partial charge >= 0.3 is 5.97 Å². The Morgan fingerprint density at radius 3 is 2.62 bits per heavy atom. The molecule has 1 heterocycles. The first-order valence-corrected chi connectivity index (χ1v) is 5.30. The first-order chi connectivity index (χ1) is 7.50. The van der Waals surface area contributed by atoms with Crippen molar-refractivity contribution in [3.05, 3.63) is 34.5 Å². The number of carbonyl (C=O) groups is 1. The van der Waals surface area contributed by atoms with Gasteiger partial charge in [0.15, 0.2) is 0 Å². The van der Waals surface area contributed by atoms with E-state index in [1.54, 1.807) is 0 Å². The second-order valence-corrected chi connectivity index (χ2v) is 4.23. The van der Waals surface area contributed by atoms with Crippen LogP contribution in [-0.2, 0) is 11.2 Å². The molecule has 0 radical (unpaired) electrons. The van der Waals surface area contributed by atoms with Crippen LogP contribution in [0.2, 0.25) is 0 Å². The molecule has 0 bridgehead atoms. The highest BCUT2D eigenvalue weighted by molar-refractivity contribution is 5.91. The number of fused-ring (bicyclic) bond motifs is 1. The van der Waals surface area contributed by atoms with Crippen LogP contribution in [0.4, 0.5) is 0 Å². The first kappa shape index (κ1) is 10.7. The van der Waals surface area contributed by atoms with Gasteiger partial charge in [0.1, 0.15) is 0 Å². The summed E-state index contributed by atoms with van der Waals surface area (Å²) in [5.74, 6) is -0.787. The van der Waals surface area contributed by atoms with E-state index in [0.29, 0.717) is 0 Å². The molecule has 16 heavy (non-hydrogen) atoms. The number of aryl methyl sites for hydroxylation is 3. The second kappa shape index (κ2) is 3.67. The van der Waals surface area contributed by atoms with E-state index in [-0.39, 0.29) is 6.42 Å². The second-order valence-electron chi connectivity index (χ2n) is 4.23. The van der Waals surface area contributed by atoms with Gasteiger partial charge in [0.2, 0.25) is 0 Å². The summed E-state index contributed by atoms with van der Waals surface area (Å²) in [6.45, 7) is 6.00. The highest BCUT2D eigenvalue weighted by Crippen LogP contribution is 2.27. The minimum Gasteiger partial charge on any atom is -0.481 e. The van der Waals surface area contributed by atoms with Gasteiger partial charge in [-0.15, -0.1) is 0 Å². The lowest BCUT2D eigenvalue weighted by Gasteiger charge is -2.04. The average molecular weight is 217 g/mol. The Labute approximate surface area is 94.1 Å². The Balaban J connectivity index is 2.76. The summed E-state index contributed by atoms with van der Waals surface area (Å²) in [5, 5.41) is 9.98. The fourth-order valence-corrected chi connectivity index (χ4v) is 2.15.